The third kappa shape index (κ3) is 5.99. The Bertz CT molecular complexity index is 1950. The van der Waals surface area contributed by atoms with Gasteiger partial charge in [0.2, 0.25) is 0 Å². The second-order valence-electron chi connectivity index (χ2n) is 18.2. The highest BCUT2D eigenvalue weighted by atomic mass is 127. The number of hydrogen-bond acceptors (Lipinski definition) is 2. The Balaban J connectivity index is 1.57. The molecule has 0 radical (unpaired) electrons. The van der Waals surface area contributed by atoms with Crippen LogP contribution in [0.4, 0.5) is 34.1 Å². The zero-order valence-corrected chi connectivity index (χ0v) is 34.2. The normalized spacial score (nSPS) is 14.4. The zero-order chi connectivity index (χ0) is 36.1. The lowest BCUT2D eigenvalue weighted by molar-refractivity contribution is 0.590. The molecule has 2 heterocycles. The van der Waals surface area contributed by atoms with E-state index >= 15 is 0 Å². The molecule has 7 rings (SSSR count). The molecule has 0 aromatic heterocycles. The van der Waals surface area contributed by atoms with E-state index in [4.69, 9.17) is 0 Å². The average Bonchev–Trinajstić information content (AvgIpc) is 3.02. The predicted octanol–water partition coefficient (Wildman–Crippen LogP) is 11.6. The van der Waals surface area contributed by atoms with E-state index in [0.29, 0.717) is 0 Å². The van der Waals surface area contributed by atoms with Gasteiger partial charge in [-0.15, -0.1) is 0 Å². The third-order valence-electron chi connectivity index (χ3n) is 10.7. The summed E-state index contributed by atoms with van der Waals surface area (Å²) >= 11 is 2.55. The molecule has 2 nitrogen and oxygen atoms in total. The van der Waals surface area contributed by atoms with Gasteiger partial charge in [-0.05, 0) is 130 Å². The third-order valence-corrected chi connectivity index (χ3v) is 11.4. The number of nitrogens with zero attached hydrogens (tertiary/aromatic N) is 2. The highest BCUT2D eigenvalue weighted by molar-refractivity contribution is 14.1. The Morgan fingerprint density at radius 2 is 0.800 bits per heavy atom. The molecule has 2 aliphatic rings. The molecule has 0 fully saturated rings. The van der Waals surface area contributed by atoms with Gasteiger partial charge >= 0.3 is 0 Å². The lowest BCUT2D eigenvalue weighted by Crippen LogP contribution is -2.61. The summed E-state index contributed by atoms with van der Waals surface area (Å²) in [7, 11) is 0. The van der Waals surface area contributed by atoms with Crippen molar-refractivity contribution < 1.29 is 0 Å². The first-order chi connectivity index (χ1) is 23.2. The molecule has 4 heteroatoms. The van der Waals surface area contributed by atoms with Crippen LogP contribution in [-0.2, 0) is 19.7 Å². The van der Waals surface area contributed by atoms with Crippen LogP contribution in [0.3, 0.4) is 0 Å². The molecule has 0 bridgehead atoms. The van der Waals surface area contributed by atoms with Crippen LogP contribution in [0.2, 0.25) is 0 Å². The molecule has 2 aliphatic heterocycles. The number of rotatable bonds is 3. The van der Waals surface area contributed by atoms with Gasteiger partial charge in [-0.2, -0.15) is 0 Å². The molecule has 5 aromatic carbocycles. The van der Waals surface area contributed by atoms with Crippen LogP contribution >= 0.6 is 22.6 Å². The summed E-state index contributed by atoms with van der Waals surface area (Å²) in [5.74, 6) is 0. The fourth-order valence-corrected chi connectivity index (χ4v) is 8.11. The summed E-state index contributed by atoms with van der Waals surface area (Å²) in [4.78, 5) is 5.07. The van der Waals surface area contributed by atoms with Gasteiger partial charge in [0.25, 0.3) is 6.71 Å². The number of anilines is 6. The standard InChI is InChI=1S/C46H52BIN2/c1-29-25-40-42-41(26-29)50(35-21-15-31(16-22-35)46(11,12)48)39-24-18-33(45(8,9)10)28-37(39)47(42)36-27-32(44(5,6)7)17-23-38(36)49(40)34-19-13-30(14-20-34)43(2,3)4/h13-28H,1-12H3. The zero-order valence-electron chi connectivity index (χ0n) is 32.1. The SMILES string of the molecule is Cc1cc2c3c(c1)N(c1ccc(C(C)(C)I)cc1)c1ccc(C(C)(C)C)cc1B3c1cc(C(C)(C)C)ccc1N2c1ccc(C(C)(C)C)cc1. The van der Waals surface area contributed by atoms with Crippen molar-refractivity contribution in [2.45, 2.75) is 103 Å². The van der Waals surface area contributed by atoms with Crippen molar-refractivity contribution >= 4 is 79.8 Å². The Morgan fingerprint density at radius 3 is 1.16 bits per heavy atom. The maximum absolute atomic E-state index is 2.55. The molecular formula is C46H52BIN2. The van der Waals surface area contributed by atoms with Crippen molar-refractivity contribution in [1.82, 2.24) is 0 Å². The summed E-state index contributed by atoms with van der Waals surface area (Å²) in [6, 6.07) is 37.9. The van der Waals surface area contributed by atoms with E-state index in [0.717, 1.165) is 0 Å². The lowest BCUT2D eigenvalue weighted by Gasteiger charge is -2.45. The molecule has 0 aliphatic carbocycles. The number of benzene rings is 5. The van der Waals surface area contributed by atoms with Gasteiger partial charge in [0.15, 0.2) is 0 Å². The minimum Gasteiger partial charge on any atom is -0.311 e. The van der Waals surface area contributed by atoms with Crippen LogP contribution in [0.25, 0.3) is 0 Å². The number of fused-ring (bicyclic) bond motifs is 4. The molecular weight excluding hydrogens is 718 g/mol. The second-order valence-corrected chi connectivity index (χ2v) is 20.9. The second kappa shape index (κ2) is 11.8. The molecule has 0 unspecified atom stereocenters. The first kappa shape index (κ1) is 34.9. The topological polar surface area (TPSA) is 6.48 Å². The van der Waals surface area contributed by atoms with Crippen LogP contribution in [0, 0.1) is 6.92 Å². The summed E-state index contributed by atoms with van der Waals surface area (Å²) in [5.41, 5.74) is 18.4. The van der Waals surface area contributed by atoms with Gasteiger partial charge in [0.05, 0.1) is 0 Å². The number of hydrogen-bond donors (Lipinski definition) is 0. The van der Waals surface area contributed by atoms with Crippen LogP contribution < -0.4 is 26.2 Å². The van der Waals surface area contributed by atoms with Crippen LogP contribution in [0.1, 0.15) is 104 Å². The maximum Gasteiger partial charge on any atom is 0.252 e. The fourth-order valence-electron chi connectivity index (χ4n) is 7.75. The molecule has 0 saturated carbocycles. The van der Waals surface area contributed by atoms with Gasteiger partial charge in [0.1, 0.15) is 0 Å². The minimum atomic E-state index is 0.0232. The van der Waals surface area contributed by atoms with Gasteiger partial charge in [-0.25, -0.2) is 0 Å². The van der Waals surface area contributed by atoms with Gasteiger partial charge < -0.3 is 9.80 Å². The van der Waals surface area contributed by atoms with E-state index in [1.54, 1.807) is 0 Å². The lowest BCUT2D eigenvalue weighted by atomic mass is 9.33. The quantitative estimate of drug-likeness (QED) is 0.100. The van der Waals surface area contributed by atoms with Crippen LogP contribution in [0.15, 0.2) is 97.1 Å². The number of halogens is 1. The molecule has 0 amide bonds. The molecule has 0 N–H and O–H groups in total. The van der Waals surface area contributed by atoms with Crippen LogP contribution in [0.5, 0.6) is 0 Å². The molecule has 50 heavy (non-hydrogen) atoms. The van der Waals surface area contributed by atoms with Crippen molar-refractivity contribution in [2.75, 3.05) is 9.80 Å². The number of aryl methyl sites for hydroxylation is 1. The molecule has 5 aromatic rings. The van der Waals surface area contributed by atoms with Crippen molar-refractivity contribution in [3.05, 3.63) is 125 Å². The molecule has 256 valence electrons. The van der Waals surface area contributed by atoms with E-state index in [9.17, 15) is 0 Å². The van der Waals surface area contributed by atoms with Crippen molar-refractivity contribution in [2.24, 2.45) is 0 Å². The highest BCUT2D eigenvalue weighted by Gasteiger charge is 2.44. The van der Waals surface area contributed by atoms with Crippen molar-refractivity contribution in [3.63, 3.8) is 0 Å². The molecule has 0 spiro atoms. The molecule has 0 saturated heterocycles. The largest absolute Gasteiger partial charge is 0.311 e. The maximum atomic E-state index is 2.55. The Hall–Kier alpha value is -3.51. The minimum absolute atomic E-state index is 0.0232. The monoisotopic (exact) mass is 770 g/mol. The smallest absolute Gasteiger partial charge is 0.252 e. The summed E-state index contributed by atoms with van der Waals surface area (Å²) < 4.78 is 0.0583. The Morgan fingerprint density at radius 1 is 0.440 bits per heavy atom. The summed E-state index contributed by atoms with van der Waals surface area (Å²) in [5, 5.41) is 0. The van der Waals surface area contributed by atoms with E-state index in [1.807, 2.05) is 0 Å². The summed E-state index contributed by atoms with van der Waals surface area (Å²) in [6.07, 6.45) is 0. The first-order valence-corrected chi connectivity index (χ1v) is 19.2. The van der Waals surface area contributed by atoms with E-state index in [-0.39, 0.29) is 26.4 Å². The van der Waals surface area contributed by atoms with Crippen molar-refractivity contribution in [3.8, 4) is 0 Å². The fraction of sp³-hybridized carbons (Fsp3) is 0.348. The van der Waals surface area contributed by atoms with Gasteiger partial charge in [-0.1, -0.05) is 133 Å². The van der Waals surface area contributed by atoms with E-state index < -0.39 is 0 Å². The van der Waals surface area contributed by atoms with Gasteiger partial charge in [0, 0.05) is 37.5 Å². The average molecular weight is 771 g/mol. The Kier molecular flexibility index (Phi) is 8.22. The van der Waals surface area contributed by atoms with Gasteiger partial charge in [-0.3, -0.25) is 0 Å². The van der Waals surface area contributed by atoms with Crippen LogP contribution in [-0.4, -0.2) is 6.71 Å². The Labute approximate surface area is 315 Å². The summed E-state index contributed by atoms with van der Waals surface area (Å²) in [6.45, 7) is 27.8. The predicted molar refractivity (Wildman–Crippen MR) is 228 cm³/mol. The first-order valence-electron chi connectivity index (χ1n) is 18.2. The molecule has 0 atom stereocenters. The van der Waals surface area contributed by atoms with E-state index in [2.05, 4.69) is 213 Å². The van der Waals surface area contributed by atoms with Crippen molar-refractivity contribution in [1.29, 1.82) is 0 Å². The van der Waals surface area contributed by atoms with E-state index in [1.165, 1.54) is 78.3 Å². The number of alkyl halides is 1. The highest BCUT2D eigenvalue weighted by Crippen LogP contribution is 2.46.